The molecule has 2 N–H and O–H groups in total. The predicted molar refractivity (Wildman–Crippen MR) is 122 cm³/mol. The van der Waals surface area contributed by atoms with Crippen molar-refractivity contribution in [1.82, 2.24) is 4.72 Å². The second-order valence-electron chi connectivity index (χ2n) is 6.77. The average Bonchev–Trinajstić information content (AvgIpc) is 2.74. The van der Waals surface area contributed by atoms with Crippen molar-refractivity contribution < 1.29 is 17.9 Å². The van der Waals surface area contributed by atoms with Gasteiger partial charge in [-0.25, -0.2) is 8.42 Å². The van der Waals surface area contributed by atoms with Crippen molar-refractivity contribution in [1.29, 1.82) is 0 Å². The molecule has 3 rings (SSSR count). The summed E-state index contributed by atoms with van der Waals surface area (Å²) in [4.78, 5) is 13.0. The van der Waals surface area contributed by atoms with Gasteiger partial charge in [-0.15, -0.1) is 0 Å². The summed E-state index contributed by atoms with van der Waals surface area (Å²) in [5.74, 6) is 0.0848. The van der Waals surface area contributed by atoms with E-state index in [9.17, 15) is 13.2 Å². The van der Waals surface area contributed by atoms with E-state index >= 15 is 0 Å². The number of carbonyl (C=O) groups excluding carboxylic acids is 1. The van der Waals surface area contributed by atoms with Crippen LogP contribution in [-0.4, -0.2) is 27.0 Å². The van der Waals surface area contributed by atoms with Gasteiger partial charge in [0, 0.05) is 10.7 Å². The van der Waals surface area contributed by atoms with Crippen LogP contribution in [0.15, 0.2) is 83.8 Å². The quantitative estimate of drug-likeness (QED) is 0.501. The molecule has 0 heterocycles. The molecule has 3 aromatic rings. The molecule has 0 saturated heterocycles. The van der Waals surface area contributed by atoms with Gasteiger partial charge in [0.25, 0.3) is 0 Å². The number of carbonyl (C=O) groups is 1. The number of amides is 1. The summed E-state index contributed by atoms with van der Waals surface area (Å²) in [5, 5.41) is 3.20. The van der Waals surface area contributed by atoms with Crippen LogP contribution in [0.25, 0.3) is 0 Å². The second-order valence-corrected chi connectivity index (χ2v) is 8.92. The van der Waals surface area contributed by atoms with Crippen LogP contribution >= 0.6 is 11.6 Å². The van der Waals surface area contributed by atoms with Gasteiger partial charge < -0.3 is 10.1 Å². The van der Waals surface area contributed by atoms with E-state index in [2.05, 4.69) is 10.0 Å². The van der Waals surface area contributed by atoms with E-state index < -0.39 is 22.0 Å². The highest BCUT2D eigenvalue weighted by Gasteiger charge is 2.26. The SMILES string of the molecule is CCOc1ccc(S(=O)(=O)N[C@H](Cc2ccccc2)C(=O)Nc2cccc(Cl)c2)cc1. The van der Waals surface area contributed by atoms with Crippen molar-refractivity contribution in [3.05, 3.63) is 89.4 Å². The molecule has 162 valence electrons. The molecule has 6 nitrogen and oxygen atoms in total. The highest BCUT2D eigenvalue weighted by Crippen LogP contribution is 2.18. The Morgan fingerprint density at radius 1 is 1.00 bits per heavy atom. The van der Waals surface area contributed by atoms with E-state index in [1.54, 1.807) is 36.4 Å². The average molecular weight is 459 g/mol. The Morgan fingerprint density at radius 3 is 2.35 bits per heavy atom. The van der Waals surface area contributed by atoms with Crippen LogP contribution in [-0.2, 0) is 21.2 Å². The summed E-state index contributed by atoms with van der Waals surface area (Å²) in [6.45, 7) is 2.33. The van der Waals surface area contributed by atoms with Crippen molar-refractivity contribution in [2.45, 2.75) is 24.3 Å². The van der Waals surface area contributed by atoms with E-state index in [1.807, 2.05) is 37.3 Å². The predicted octanol–water partition coefficient (Wildman–Crippen LogP) is 4.27. The minimum atomic E-state index is -3.95. The Morgan fingerprint density at radius 2 is 1.71 bits per heavy atom. The molecule has 8 heteroatoms. The number of nitrogens with one attached hydrogen (secondary N) is 2. The van der Waals surface area contributed by atoms with E-state index in [0.29, 0.717) is 23.1 Å². The van der Waals surface area contributed by atoms with Gasteiger partial charge in [0.2, 0.25) is 15.9 Å². The standard InChI is InChI=1S/C23H23ClN2O4S/c1-2-30-20-11-13-21(14-12-20)31(28,29)26-22(15-17-7-4-3-5-8-17)23(27)25-19-10-6-9-18(24)16-19/h3-14,16,22,26H,2,15H2,1H3,(H,25,27)/t22-/m1/s1. The molecule has 0 radical (unpaired) electrons. The maximum atomic E-state index is 13.0. The maximum absolute atomic E-state index is 13.0. The van der Waals surface area contributed by atoms with Gasteiger partial charge in [-0.05, 0) is 61.4 Å². The third kappa shape index (κ3) is 6.55. The first-order valence-corrected chi connectivity index (χ1v) is 11.6. The first-order valence-electron chi connectivity index (χ1n) is 9.73. The van der Waals surface area contributed by atoms with Crippen LogP contribution in [0.1, 0.15) is 12.5 Å². The lowest BCUT2D eigenvalue weighted by molar-refractivity contribution is -0.117. The molecule has 0 saturated carbocycles. The zero-order chi connectivity index (χ0) is 22.3. The Kier molecular flexibility index (Phi) is 7.68. The van der Waals surface area contributed by atoms with Crippen molar-refractivity contribution in [2.75, 3.05) is 11.9 Å². The Bertz CT molecular complexity index is 1120. The monoisotopic (exact) mass is 458 g/mol. The highest BCUT2D eigenvalue weighted by atomic mass is 35.5. The van der Waals surface area contributed by atoms with Gasteiger partial charge in [-0.2, -0.15) is 4.72 Å². The molecule has 1 atom stereocenters. The fourth-order valence-electron chi connectivity index (χ4n) is 2.97. The van der Waals surface area contributed by atoms with Gasteiger partial charge in [-0.1, -0.05) is 48.0 Å². The van der Waals surface area contributed by atoms with E-state index in [4.69, 9.17) is 16.3 Å². The number of rotatable bonds is 9. The first kappa shape index (κ1) is 22.8. The van der Waals surface area contributed by atoms with E-state index in [1.165, 1.54) is 12.1 Å². The van der Waals surface area contributed by atoms with Crippen LogP contribution in [0.2, 0.25) is 5.02 Å². The summed E-state index contributed by atoms with van der Waals surface area (Å²) < 4.78 is 33.8. The van der Waals surface area contributed by atoms with E-state index in [-0.39, 0.29) is 11.3 Å². The molecule has 0 aliphatic heterocycles. The van der Waals surface area contributed by atoms with Crippen LogP contribution in [0, 0.1) is 0 Å². The molecule has 0 aliphatic carbocycles. The number of anilines is 1. The lowest BCUT2D eigenvalue weighted by atomic mass is 10.1. The molecule has 0 bridgehead atoms. The van der Waals surface area contributed by atoms with Crippen LogP contribution < -0.4 is 14.8 Å². The molecule has 31 heavy (non-hydrogen) atoms. The summed E-state index contributed by atoms with van der Waals surface area (Å²) in [6.07, 6.45) is 0.184. The second kappa shape index (κ2) is 10.4. The normalized spacial score (nSPS) is 12.2. The fraction of sp³-hybridized carbons (Fsp3) is 0.174. The number of benzene rings is 3. The maximum Gasteiger partial charge on any atom is 0.242 e. The van der Waals surface area contributed by atoms with Crippen molar-refractivity contribution in [2.24, 2.45) is 0 Å². The van der Waals surface area contributed by atoms with Gasteiger partial charge >= 0.3 is 0 Å². The number of hydrogen-bond donors (Lipinski definition) is 2. The van der Waals surface area contributed by atoms with Crippen LogP contribution in [0.3, 0.4) is 0 Å². The molecule has 0 unspecified atom stereocenters. The lowest BCUT2D eigenvalue weighted by Crippen LogP contribution is -2.45. The van der Waals surface area contributed by atoms with Gasteiger partial charge in [0.1, 0.15) is 11.8 Å². The van der Waals surface area contributed by atoms with Crippen LogP contribution in [0.4, 0.5) is 5.69 Å². The Hall–Kier alpha value is -2.87. The summed E-state index contributed by atoms with van der Waals surface area (Å²) >= 11 is 5.99. The molecular weight excluding hydrogens is 436 g/mol. The van der Waals surface area contributed by atoms with E-state index in [0.717, 1.165) is 5.56 Å². The summed E-state index contributed by atoms with van der Waals surface area (Å²) in [7, 11) is -3.95. The topological polar surface area (TPSA) is 84.5 Å². The minimum absolute atomic E-state index is 0.0459. The summed E-state index contributed by atoms with van der Waals surface area (Å²) in [6, 6.07) is 20.9. The zero-order valence-corrected chi connectivity index (χ0v) is 18.5. The van der Waals surface area contributed by atoms with Gasteiger partial charge in [0.05, 0.1) is 11.5 Å². The minimum Gasteiger partial charge on any atom is -0.494 e. The van der Waals surface area contributed by atoms with Crippen molar-refractivity contribution in [3.8, 4) is 5.75 Å². The molecular formula is C23H23ClN2O4S. The molecule has 0 spiro atoms. The van der Waals surface area contributed by atoms with Crippen molar-refractivity contribution >= 4 is 33.2 Å². The molecule has 0 aliphatic rings. The zero-order valence-electron chi connectivity index (χ0n) is 16.9. The number of halogens is 1. The third-order valence-electron chi connectivity index (χ3n) is 4.43. The van der Waals surface area contributed by atoms with Crippen molar-refractivity contribution in [3.63, 3.8) is 0 Å². The number of hydrogen-bond acceptors (Lipinski definition) is 4. The summed E-state index contributed by atoms with van der Waals surface area (Å²) in [5.41, 5.74) is 1.30. The fourth-order valence-corrected chi connectivity index (χ4v) is 4.36. The lowest BCUT2D eigenvalue weighted by Gasteiger charge is -2.19. The Balaban J connectivity index is 1.83. The van der Waals surface area contributed by atoms with Crippen LogP contribution in [0.5, 0.6) is 5.75 Å². The largest absolute Gasteiger partial charge is 0.494 e. The number of ether oxygens (including phenoxy) is 1. The van der Waals surface area contributed by atoms with Gasteiger partial charge in [0.15, 0.2) is 0 Å². The van der Waals surface area contributed by atoms with Gasteiger partial charge in [-0.3, -0.25) is 4.79 Å². The molecule has 1 amide bonds. The molecule has 3 aromatic carbocycles. The Labute approximate surface area is 187 Å². The molecule has 0 fully saturated rings. The number of sulfonamides is 1. The first-order chi connectivity index (χ1) is 14.9. The third-order valence-corrected chi connectivity index (χ3v) is 6.16. The smallest absolute Gasteiger partial charge is 0.242 e. The molecule has 0 aromatic heterocycles. The highest BCUT2D eigenvalue weighted by molar-refractivity contribution is 7.89.